The molecule has 0 spiro atoms. The fourth-order valence-corrected chi connectivity index (χ4v) is 1.11. The number of anilines is 1. The monoisotopic (exact) mass is 239 g/mol. The van der Waals surface area contributed by atoms with E-state index in [0.29, 0.717) is 24.6 Å². The van der Waals surface area contributed by atoms with E-state index in [2.05, 4.69) is 20.6 Å². The number of aromatic nitrogens is 2. The maximum atomic E-state index is 10.9. The van der Waals surface area contributed by atoms with Crippen LogP contribution < -0.4 is 16.4 Å². The third-order valence-corrected chi connectivity index (χ3v) is 2.03. The summed E-state index contributed by atoms with van der Waals surface area (Å²) in [4.78, 5) is 19.2. The van der Waals surface area contributed by atoms with Crippen molar-refractivity contribution in [3.63, 3.8) is 0 Å². The van der Waals surface area contributed by atoms with Crippen LogP contribution in [0.5, 0.6) is 0 Å². The van der Waals surface area contributed by atoms with Gasteiger partial charge in [-0.1, -0.05) is 12.2 Å². The van der Waals surface area contributed by atoms with Gasteiger partial charge in [0, 0.05) is 26.2 Å². The molecule has 16 heavy (non-hydrogen) atoms. The molecule has 1 heterocycles. The summed E-state index contributed by atoms with van der Waals surface area (Å²) in [7, 11) is 1.59. The summed E-state index contributed by atoms with van der Waals surface area (Å²) in [6.45, 7) is 0.459. The molecule has 0 atom stereocenters. The number of carbonyl (C=O) groups is 1. The molecule has 0 saturated carbocycles. The predicted molar refractivity (Wildman–Crippen MR) is 65.1 cm³/mol. The molecular formula is C9H13N5OS. The number of nitrogens with zero attached hydrogens (tertiary/aromatic N) is 2. The average molecular weight is 239 g/mol. The Labute approximate surface area is 98.7 Å². The van der Waals surface area contributed by atoms with E-state index >= 15 is 0 Å². The SMILES string of the molecule is CNC(=O)CCNc1nccc(C(N)=S)n1. The minimum atomic E-state index is -0.0435. The van der Waals surface area contributed by atoms with Gasteiger partial charge in [-0.05, 0) is 6.07 Å². The summed E-state index contributed by atoms with van der Waals surface area (Å²) in [6.07, 6.45) is 1.92. The van der Waals surface area contributed by atoms with Crippen LogP contribution in [0.25, 0.3) is 0 Å². The lowest BCUT2D eigenvalue weighted by atomic mass is 10.4. The van der Waals surface area contributed by atoms with Crippen LogP contribution in [0.4, 0.5) is 5.95 Å². The van der Waals surface area contributed by atoms with E-state index in [4.69, 9.17) is 18.0 Å². The Morgan fingerprint density at radius 1 is 1.62 bits per heavy atom. The van der Waals surface area contributed by atoms with Crippen LogP contribution in [-0.4, -0.2) is 34.5 Å². The van der Waals surface area contributed by atoms with Crippen molar-refractivity contribution in [1.82, 2.24) is 15.3 Å². The van der Waals surface area contributed by atoms with Crippen molar-refractivity contribution < 1.29 is 4.79 Å². The fourth-order valence-electron chi connectivity index (χ4n) is 0.994. The molecule has 0 radical (unpaired) electrons. The minimum Gasteiger partial charge on any atom is -0.388 e. The number of hydrogen-bond donors (Lipinski definition) is 3. The first-order valence-corrected chi connectivity index (χ1v) is 5.11. The highest BCUT2D eigenvalue weighted by Crippen LogP contribution is 2.00. The van der Waals surface area contributed by atoms with Crippen LogP contribution in [0, 0.1) is 0 Å². The van der Waals surface area contributed by atoms with Crippen LogP contribution in [-0.2, 0) is 4.79 Å². The van der Waals surface area contributed by atoms with Gasteiger partial charge >= 0.3 is 0 Å². The van der Waals surface area contributed by atoms with Crippen LogP contribution in [0.1, 0.15) is 12.1 Å². The third kappa shape index (κ3) is 3.77. The number of nitrogens with two attached hydrogens (primary N) is 1. The lowest BCUT2D eigenvalue weighted by molar-refractivity contribution is -0.120. The number of carbonyl (C=O) groups excluding carboxylic acids is 1. The Bertz CT molecular complexity index is 395. The summed E-state index contributed by atoms with van der Waals surface area (Å²) in [5, 5.41) is 5.43. The summed E-state index contributed by atoms with van der Waals surface area (Å²) in [5.41, 5.74) is 5.94. The van der Waals surface area contributed by atoms with E-state index in [9.17, 15) is 4.79 Å². The van der Waals surface area contributed by atoms with Crippen LogP contribution >= 0.6 is 12.2 Å². The molecule has 7 heteroatoms. The van der Waals surface area contributed by atoms with Gasteiger partial charge in [0.2, 0.25) is 11.9 Å². The number of amides is 1. The Morgan fingerprint density at radius 3 is 3.00 bits per heavy atom. The predicted octanol–water partition coefficient (Wildman–Crippen LogP) is -0.341. The molecule has 0 saturated heterocycles. The zero-order valence-electron chi connectivity index (χ0n) is 8.86. The highest BCUT2D eigenvalue weighted by atomic mass is 32.1. The summed E-state index contributed by atoms with van der Waals surface area (Å²) < 4.78 is 0. The van der Waals surface area contributed by atoms with E-state index < -0.39 is 0 Å². The molecule has 0 aliphatic heterocycles. The Hall–Kier alpha value is -1.76. The highest BCUT2D eigenvalue weighted by Gasteiger charge is 2.02. The smallest absolute Gasteiger partial charge is 0.223 e. The van der Waals surface area contributed by atoms with Crippen LogP contribution in [0.15, 0.2) is 12.3 Å². The second-order valence-electron chi connectivity index (χ2n) is 2.98. The molecule has 0 unspecified atom stereocenters. The molecule has 1 amide bonds. The number of thiocarbonyl (C=S) groups is 1. The van der Waals surface area contributed by atoms with Crippen molar-refractivity contribution in [3.05, 3.63) is 18.0 Å². The number of nitrogens with one attached hydrogen (secondary N) is 2. The maximum absolute atomic E-state index is 10.9. The Balaban J connectivity index is 2.51. The summed E-state index contributed by atoms with van der Waals surface area (Å²) in [5.74, 6) is 0.368. The van der Waals surface area contributed by atoms with Gasteiger partial charge in [-0.25, -0.2) is 9.97 Å². The van der Waals surface area contributed by atoms with Gasteiger partial charge in [-0.2, -0.15) is 0 Å². The first-order valence-electron chi connectivity index (χ1n) is 4.71. The van der Waals surface area contributed by atoms with E-state index in [-0.39, 0.29) is 10.9 Å². The van der Waals surface area contributed by atoms with Crippen molar-refractivity contribution in [1.29, 1.82) is 0 Å². The van der Waals surface area contributed by atoms with E-state index in [1.165, 1.54) is 0 Å². The summed E-state index contributed by atoms with van der Waals surface area (Å²) >= 11 is 4.79. The van der Waals surface area contributed by atoms with Crippen molar-refractivity contribution in [2.24, 2.45) is 5.73 Å². The molecule has 0 bridgehead atoms. The zero-order valence-corrected chi connectivity index (χ0v) is 9.67. The van der Waals surface area contributed by atoms with Gasteiger partial charge in [0.1, 0.15) is 10.7 Å². The topological polar surface area (TPSA) is 92.9 Å². The van der Waals surface area contributed by atoms with Crippen molar-refractivity contribution in [2.75, 3.05) is 18.9 Å². The first kappa shape index (κ1) is 12.3. The lowest BCUT2D eigenvalue weighted by Crippen LogP contribution is -2.21. The van der Waals surface area contributed by atoms with Crippen molar-refractivity contribution >= 4 is 29.1 Å². The fraction of sp³-hybridized carbons (Fsp3) is 0.333. The van der Waals surface area contributed by atoms with Crippen molar-refractivity contribution in [2.45, 2.75) is 6.42 Å². The normalized spacial score (nSPS) is 9.56. The van der Waals surface area contributed by atoms with E-state index in [1.807, 2.05) is 0 Å². The first-order chi connectivity index (χ1) is 7.63. The molecule has 86 valence electrons. The van der Waals surface area contributed by atoms with Gasteiger partial charge in [-0.15, -0.1) is 0 Å². The quantitative estimate of drug-likeness (QED) is 0.609. The van der Waals surface area contributed by atoms with E-state index in [1.54, 1.807) is 19.3 Å². The van der Waals surface area contributed by atoms with Gasteiger partial charge in [0.25, 0.3) is 0 Å². The average Bonchev–Trinajstić information content (AvgIpc) is 2.29. The minimum absolute atomic E-state index is 0.0435. The third-order valence-electron chi connectivity index (χ3n) is 1.82. The molecule has 1 aromatic rings. The van der Waals surface area contributed by atoms with Gasteiger partial charge in [-0.3, -0.25) is 4.79 Å². The van der Waals surface area contributed by atoms with E-state index in [0.717, 1.165) is 0 Å². The van der Waals surface area contributed by atoms with Gasteiger partial charge in [0.05, 0.1) is 0 Å². The standard InChI is InChI=1S/C9H13N5OS/c1-11-7(15)3-5-13-9-12-4-2-6(14-9)8(10)16/h2,4H,3,5H2,1H3,(H2,10,16)(H,11,15)(H,12,13,14). The van der Waals surface area contributed by atoms with Crippen molar-refractivity contribution in [3.8, 4) is 0 Å². The molecule has 4 N–H and O–H groups in total. The number of hydrogen-bond acceptors (Lipinski definition) is 5. The second kappa shape index (κ2) is 5.96. The maximum Gasteiger partial charge on any atom is 0.223 e. The van der Waals surface area contributed by atoms with Crippen LogP contribution in [0.2, 0.25) is 0 Å². The Kier molecular flexibility index (Phi) is 4.59. The highest BCUT2D eigenvalue weighted by molar-refractivity contribution is 7.80. The van der Waals surface area contributed by atoms with Gasteiger partial charge in [0.15, 0.2) is 0 Å². The molecule has 0 fully saturated rings. The largest absolute Gasteiger partial charge is 0.388 e. The molecule has 6 nitrogen and oxygen atoms in total. The lowest BCUT2D eigenvalue weighted by Gasteiger charge is -2.04. The molecule has 0 aliphatic carbocycles. The molecular weight excluding hydrogens is 226 g/mol. The van der Waals surface area contributed by atoms with Gasteiger partial charge < -0.3 is 16.4 Å². The number of rotatable bonds is 5. The van der Waals surface area contributed by atoms with Crippen LogP contribution in [0.3, 0.4) is 0 Å². The second-order valence-corrected chi connectivity index (χ2v) is 3.42. The summed E-state index contributed by atoms with van der Waals surface area (Å²) in [6, 6.07) is 1.63. The molecule has 1 aromatic heterocycles. The zero-order chi connectivity index (χ0) is 12.0. The molecule has 1 rings (SSSR count). The molecule has 0 aliphatic rings. The molecule has 0 aromatic carbocycles. The Morgan fingerprint density at radius 2 is 2.38 bits per heavy atom.